The van der Waals surface area contributed by atoms with Gasteiger partial charge in [-0.1, -0.05) is 0 Å². The van der Waals surface area contributed by atoms with Crippen LogP contribution >= 0.6 is 0 Å². The minimum atomic E-state index is 0.636. The molecule has 0 aromatic rings. The van der Waals surface area contributed by atoms with E-state index in [1.165, 1.54) is 6.42 Å². The number of nitrogens with zero attached hydrogens (tertiary/aromatic N) is 4. The molecule has 4 heteroatoms. The number of hydrogen-bond donors (Lipinski definition) is 0. The molecule has 0 unspecified atom stereocenters. The van der Waals surface area contributed by atoms with Crippen molar-refractivity contribution in [2.75, 3.05) is 41.5 Å². The van der Waals surface area contributed by atoms with Gasteiger partial charge in [-0.2, -0.15) is 0 Å². The summed E-state index contributed by atoms with van der Waals surface area (Å²) >= 11 is 0. The van der Waals surface area contributed by atoms with Crippen LogP contribution in [-0.2, 0) is 0 Å². The van der Waals surface area contributed by atoms with Crippen LogP contribution in [0.3, 0.4) is 0 Å². The highest BCUT2D eigenvalue weighted by atomic mass is 15.5. The van der Waals surface area contributed by atoms with Gasteiger partial charge in [-0.25, -0.2) is 0 Å². The van der Waals surface area contributed by atoms with E-state index in [-0.39, 0.29) is 0 Å². The van der Waals surface area contributed by atoms with Crippen LogP contribution in [0.25, 0.3) is 0 Å². The SMILES string of the molecule is CN1CN(C)C2CC1N(C)CN2C. The van der Waals surface area contributed by atoms with Crippen LogP contribution in [0.4, 0.5) is 0 Å². The number of rotatable bonds is 0. The van der Waals surface area contributed by atoms with Crippen molar-refractivity contribution in [3.63, 3.8) is 0 Å². The van der Waals surface area contributed by atoms with Crippen LogP contribution in [-0.4, -0.2) is 73.5 Å². The predicted molar refractivity (Wildman–Crippen MR) is 53.0 cm³/mol. The molecule has 2 fully saturated rings. The van der Waals surface area contributed by atoms with Gasteiger partial charge in [0.05, 0.1) is 25.7 Å². The summed E-state index contributed by atoms with van der Waals surface area (Å²) in [7, 11) is 8.83. The van der Waals surface area contributed by atoms with Crippen molar-refractivity contribution in [2.45, 2.75) is 18.8 Å². The van der Waals surface area contributed by atoms with E-state index in [0.717, 1.165) is 13.3 Å². The molecule has 13 heavy (non-hydrogen) atoms. The lowest BCUT2D eigenvalue weighted by Crippen LogP contribution is -2.67. The average Bonchev–Trinajstić information content (AvgIpc) is 2.02. The summed E-state index contributed by atoms with van der Waals surface area (Å²) < 4.78 is 0. The van der Waals surface area contributed by atoms with E-state index in [0.29, 0.717) is 12.3 Å². The Hall–Kier alpha value is -0.160. The minimum Gasteiger partial charge on any atom is -0.278 e. The first-order chi connectivity index (χ1) is 6.09. The van der Waals surface area contributed by atoms with E-state index >= 15 is 0 Å². The van der Waals surface area contributed by atoms with Gasteiger partial charge >= 0.3 is 0 Å². The highest BCUT2D eigenvalue weighted by molar-refractivity contribution is 4.86. The quantitative estimate of drug-likeness (QED) is 0.512. The molecule has 2 aliphatic rings. The van der Waals surface area contributed by atoms with E-state index in [1.54, 1.807) is 0 Å². The summed E-state index contributed by atoms with van der Waals surface area (Å²) in [6.07, 6.45) is 2.51. The monoisotopic (exact) mass is 184 g/mol. The van der Waals surface area contributed by atoms with Crippen molar-refractivity contribution in [3.05, 3.63) is 0 Å². The molecule has 76 valence electrons. The fraction of sp³-hybridized carbons (Fsp3) is 1.00. The van der Waals surface area contributed by atoms with Crippen LogP contribution in [0.1, 0.15) is 6.42 Å². The minimum absolute atomic E-state index is 0.636. The van der Waals surface area contributed by atoms with Crippen LogP contribution in [0.2, 0.25) is 0 Å². The predicted octanol–water partition coefficient (Wildman–Crippen LogP) is -0.302. The molecule has 0 aromatic carbocycles. The summed E-state index contributed by atoms with van der Waals surface area (Å²) in [5.41, 5.74) is 0. The van der Waals surface area contributed by atoms with Crippen molar-refractivity contribution in [3.8, 4) is 0 Å². The van der Waals surface area contributed by atoms with Crippen molar-refractivity contribution in [2.24, 2.45) is 0 Å². The van der Waals surface area contributed by atoms with Crippen LogP contribution in [0, 0.1) is 0 Å². The van der Waals surface area contributed by atoms with Crippen molar-refractivity contribution < 1.29 is 0 Å². The largest absolute Gasteiger partial charge is 0.278 e. The summed E-state index contributed by atoms with van der Waals surface area (Å²) in [6.45, 7) is 2.15. The molecule has 2 rings (SSSR count). The molecule has 0 radical (unpaired) electrons. The highest BCUT2D eigenvalue weighted by Gasteiger charge is 2.38. The first kappa shape index (κ1) is 9.40. The maximum absolute atomic E-state index is 2.42. The van der Waals surface area contributed by atoms with E-state index in [2.05, 4.69) is 47.8 Å². The van der Waals surface area contributed by atoms with Gasteiger partial charge in [-0.05, 0) is 28.2 Å². The molecule has 0 N–H and O–H groups in total. The lowest BCUT2D eigenvalue weighted by molar-refractivity contribution is -0.141. The molecule has 0 aliphatic carbocycles. The zero-order valence-electron chi connectivity index (χ0n) is 9.06. The van der Waals surface area contributed by atoms with E-state index in [9.17, 15) is 0 Å². The Kier molecular flexibility index (Phi) is 2.32. The van der Waals surface area contributed by atoms with Crippen LogP contribution in [0.15, 0.2) is 0 Å². The Morgan fingerprint density at radius 3 is 1.31 bits per heavy atom. The average molecular weight is 184 g/mol. The molecule has 2 heterocycles. The molecule has 2 bridgehead atoms. The molecule has 0 aromatic heterocycles. The molecule has 0 amide bonds. The molecule has 0 saturated carbocycles. The topological polar surface area (TPSA) is 13.0 Å². The Bertz CT molecular complexity index is 160. The summed E-state index contributed by atoms with van der Waals surface area (Å²) in [5.74, 6) is 0. The summed E-state index contributed by atoms with van der Waals surface area (Å²) in [5, 5.41) is 0. The Morgan fingerprint density at radius 2 is 1.00 bits per heavy atom. The summed E-state index contributed by atoms with van der Waals surface area (Å²) in [4.78, 5) is 9.68. The van der Waals surface area contributed by atoms with Crippen molar-refractivity contribution >= 4 is 0 Å². The van der Waals surface area contributed by atoms with E-state index in [4.69, 9.17) is 0 Å². The first-order valence-electron chi connectivity index (χ1n) is 4.90. The fourth-order valence-corrected chi connectivity index (χ4v) is 2.66. The molecular formula is C9H20N4. The second-order valence-corrected chi connectivity index (χ2v) is 4.51. The number of hydrogen-bond acceptors (Lipinski definition) is 4. The van der Waals surface area contributed by atoms with Gasteiger partial charge in [0.2, 0.25) is 0 Å². The maximum Gasteiger partial charge on any atom is 0.0666 e. The van der Waals surface area contributed by atoms with Gasteiger partial charge in [-0.3, -0.25) is 19.6 Å². The number of fused-ring (bicyclic) bond motifs is 2. The van der Waals surface area contributed by atoms with Gasteiger partial charge in [-0.15, -0.1) is 0 Å². The standard InChI is InChI=1S/C9H20N4/c1-10-6-11(2)9-5-8(10)12(3)7-13(9)4/h8-9H,5-7H2,1-4H3. The van der Waals surface area contributed by atoms with Gasteiger partial charge in [0.25, 0.3) is 0 Å². The highest BCUT2D eigenvalue weighted by Crippen LogP contribution is 2.25. The summed E-state index contributed by atoms with van der Waals surface area (Å²) in [6, 6.07) is 0. The third-order valence-electron chi connectivity index (χ3n) is 3.35. The zero-order chi connectivity index (χ0) is 9.59. The van der Waals surface area contributed by atoms with Gasteiger partial charge in [0.1, 0.15) is 0 Å². The fourth-order valence-electron chi connectivity index (χ4n) is 2.66. The van der Waals surface area contributed by atoms with Gasteiger partial charge in [0.15, 0.2) is 0 Å². The molecule has 4 nitrogen and oxygen atoms in total. The lowest BCUT2D eigenvalue weighted by atomic mass is 10.1. The van der Waals surface area contributed by atoms with Crippen LogP contribution < -0.4 is 0 Å². The van der Waals surface area contributed by atoms with Gasteiger partial charge in [0, 0.05) is 6.42 Å². The van der Waals surface area contributed by atoms with Crippen molar-refractivity contribution in [1.82, 2.24) is 19.6 Å². The molecule has 2 saturated heterocycles. The third kappa shape index (κ3) is 1.48. The second-order valence-electron chi connectivity index (χ2n) is 4.51. The zero-order valence-corrected chi connectivity index (χ0v) is 9.06. The maximum atomic E-state index is 2.42. The molecular weight excluding hydrogens is 164 g/mol. The van der Waals surface area contributed by atoms with E-state index in [1.807, 2.05) is 0 Å². The Morgan fingerprint density at radius 1 is 0.692 bits per heavy atom. The van der Waals surface area contributed by atoms with Crippen LogP contribution in [0.5, 0.6) is 0 Å². The lowest BCUT2D eigenvalue weighted by Gasteiger charge is -2.54. The molecule has 2 aliphatic heterocycles. The third-order valence-corrected chi connectivity index (χ3v) is 3.35. The van der Waals surface area contributed by atoms with Crippen molar-refractivity contribution in [1.29, 1.82) is 0 Å². The normalized spacial score (nSPS) is 39.7. The Labute approximate surface area is 80.7 Å². The first-order valence-corrected chi connectivity index (χ1v) is 4.90. The molecule has 0 spiro atoms. The Balaban J connectivity index is 2.14. The van der Waals surface area contributed by atoms with Gasteiger partial charge < -0.3 is 0 Å². The second kappa shape index (κ2) is 3.20. The van der Waals surface area contributed by atoms with E-state index < -0.39 is 0 Å². The smallest absolute Gasteiger partial charge is 0.0666 e. The molecule has 0 atom stereocenters.